The van der Waals surface area contributed by atoms with Crippen molar-refractivity contribution in [3.63, 3.8) is 0 Å². The van der Waals surface area contributed by atoms with Crippen molar-refractivity contribution < 1.29 is 18.0 Å². The van der Waals surface area contributed by atoms with Crippen molar-refractivity contribution >= 4 is 27.5 Å². The molecule has 0 saturated heterocycles. The van der Waals surface area contributed by atoms with E-state index < -0.39 is 10.0 Å². The lowest BCUT2D eigenvalue weighted by Crippen LogP contribution is -2.29. The minimum Gasteiger partial charge on any atom is -0.349 e. The van der Waals surface area contributed by atoms with Gasteiger partial charge >= 0.3 is 0 Å². The lowest BCUT2D eigenvalue weighted by Gasteiger charge is -2.12. The lowest BCUT2D eigenvalue weighted by molar-refractivity contribution is -0.116. The largest absolute Gasteiger partial charge is 0.349 e. The van der Waals surface area contributed by atoms with Crippen LogP contribution in [0.5, 0.6) is 0 Å². The van der Waals surface area contributed by atoms with Gasteiger partial charge < -0.3 is 10.6 Å². The first-order valence-electron chi connectivity index (χ1n) is 9.53. The highest BCUT2D eigenvalue weighted by Crippen LogP contribution is 2.21. The van der Waals surface area contributed by atoms with Crippen LogP contribution in [0.25, 0.3) is 0 Å². The van der Waals surface area contributed by atoms with Crippen molar-refractivity contribution in [2.75, 3.05) is 11.9 Å². The average molecular weight is 416 g/mol. The number of anilines is 1. The fraction of sp³-hybridized carbons (Fsp3) is 0.333. The number of hydrogen-bond acceptors (Lipinski definition) is 4. The van der Waals surface area contributed by atoms with Gasteiger partial charge in [-0.25, -0.2) is 13.1 Å². The molecule has 154 valence electrons. The monoisotopic (exact) mass is 415 g/mol. The lowest BCUT2D eigenvalue weighted by atomic mass is 10.1. The van der Waals surface area contributed by atoms with E-state index in [1.54, 1.807) is 42.5 Å². The Bertz CT molecular complexity index is 1030. The molecular weight excluding hydrogens is 390 g/mol. The molecule has 1 aliphatic carbocycles. The molecule has 1 aliphatic rings. The summed E-state index contributed by atoms with van der Waals surface area (Å²) < 4.78 is 27.2. The molecule has 29 heavy (non-hydrogen) atoms. The summed E-state index contributed by atoms with van der Waals surface area (Å²) in [6, 6.07) is 11.9. The third-order valence-corrected chi connectivity index (χ3v) is 6.25. The Morgan fingerprint density at radius 3 is 2.45 bits per heavy atom. The minimum absolute atomic E-state index is 0.0441. The van der Waals surface area contributed by atoms with Gasteiger partial charge in [0.15, 0.2) is 0 Å². The summed E-state index contributed by atoms with van der Waals surface area (Å²) in [6.07, 6.45) is 1.89. The number of amides is 2. The van der Waals surface area contributed by atoms with Gasteiger partial charge in [-0.05, 0) is 62.1 Å². The van der Waals surface area contributed by atoms with Crippen molar-refractivity contribution in [2.24, 2.45) is 0 Å². The molecule has 0 radical (unpaired) electrons. The van der Waals surface area contributed by atoms with Gasteiger partial charge in [0.2, 0.25) is 15.9 Å². The summed E-state index contributed by atoms with van der Waals surface area (Å²) in [5.74, 6) is -0.599. The number of carbonyl (C=O) groups excluding carboxylic acids is 2. The van der Waals surface area contributed by atoms with Crippen LogP contribution in [0.1, 0.15) is 40.7 Å². The number of para-hydroxylation sites is 1. The maximum absolute atomic E-state index is 12.4. The summed E-state index contributed by atoms with van der Waals surface area (Å²) in [5.41, 5.74) is 2.69. The molecule has 1 saturated carbocycles. The summed E-state index contributed by atoms with van der Waals surface area (Å²) in [7, 11) is -3.69. The topological polar surface area (TPSA) is 104 Å². The molecule has 0 bridgehead atoms. The molecule has 3 rings (SSSR count). The SMILES string of the molecule is Cc1ccc(S(=O)(=O)NCCC(=O)Nc2ccccc2C(=O)NC2CC2)cc1C. The Morgan fingerprint density at radius 2 is 1.76 bits per heavy atom. The first-order chi connectivity index (χ1) is 13.8. The molecule has 3 N–H and O–H groups in total. The highest BCUT2D eigenvalue weighted by Gasteiger charge is 2.25. The smallest absolute Gasteiger partial charge is 0.253 e. The van der Waals surface area contributed by atoms with Crippen LogP contribution in [-0.2, 0) is 14.8 Å². The second kappa shape index (κ2) is 8.75. The van der Waals surface area contributed by atoms with Gasteiger partial charge in [-0.2, -0.15) is 0 Å². The molecule has 0 heterocycles. The maximum atomic E-state index is 12.4. The first-order valence-corrected chi connectivity index (χ1v) is 11.0. The normalized spacial score (nSPS) is 13.7. The third kappa shape index (κ3) is 5.65. The second-order valence-corrected chi connectivity index (χ2v) is 9.00. The van der Waals surface area contributed by atoms with E-state index in [4.69, 9.17) is 0 Å². The van der Waals surface area contributed by atoms with Crippen molar-refractivity contribution in [1.82, 2.24) is 10.0 Å². The van der Waals surface area contributed by atoms with E-state index in [1.165, 1.54) is 0 Å². The van der Waals surface area contributed by atoms with E-state index in [0.29, 0.717) is 11.3 Å². The number of nitrogens with one attached hydrogen (secondary N) is 3. The third-order valence-electron chi connectivity index (χ3n) is 4.79. The van der Waals surface area contributed by atoms with Gasteiger partial charge in [-0.15, -0.1) is 0 Å². The van der Waals surface area contributed by atoms with Gasteiger partial charge in [0.05, 0.1) is 16.1 Å². The second-order valence-electron chi connectivity index (χ2n) is 7.24. The van der Waals surface area contributed by atoms with Crippen molar-refractivity contribution in [3.8, 4) is 0 Å². The zero-order valence-corrected chi connectivity index (χ0v) is 17.3. The van der Waals surface area contributed by atoms with E-state index in [-0.39, 0.29) is 35.7 Å². The number of aryl methyl sites for hydroxylation is 2. The van der Waals surface area contributed by atoms with E-state index in [0.717, 1.165) is 24.0 Å². The Morgan fingerprint density at radius 1 is 1.03 bits per heavy atom. The minimum atomic E-state index is -3.69. The molecule has 0 spiro atoms. The fourth-order valence-electron chi connectivity index (χ4n) is 2.76. The summed E-state index contributed by atoms with van der Waals surface area (Å²) in [5, 5.41) is 5.58. The van der Waals surface area contributed by atoms with Crippen LogP contribution in [0.4, 0.5) is 5.69 Å². The number of benzene rings is 2. The van der Waals surface area contributed by atoms with E-state index in [1.807, 2.05) is 13.8 Å². The van der Waals surface area contributed by atoms with Gasteiger partial charge in [-0.1, -0.05) is 18.2 Å². The highest BCUT2D eigenvalue weighted by atomic mass is 32.2. The van der Waals surface area contributed by atoms with E-state index in [9.17, 15) is 18.0 Å². The zero-order valence-electron chi connectivity index (χ0n) is 16.5. The molecule has 1 fully saturated rings. The molecule has 2 amide bonds. The zero-order chi connectivity index (χ0) is 21.0. The van der Waals surface area contributed by atoms with Crippen molar-refractivity contribution in [1.29, 1.82) is 0 Å². The predicted octanol–water partition coefficient (Wildman–Crippen LogP) is 2.50. The molecule has 0 unspecified atom stereocenters. The molecule has 7 nitrogen and oxygen atoms in total. The van der Waals surface area contributed by atoms with Crippen LogP contribution in [-0.4, -0.2) is 32.8 Å². The van der Waals surface area contributed by atoms with E-state index in [2.05, 4.69) is 15.4 Å². The van der Waals surface area contributed by atoms with Crippen LogP contribution in [0.15, 0.2) is 47.4 Å². The van der Waals surface area contributed by atoms with Gasteiger partial charge in [0.25, 0.3) is 5.91 Å². The highest BCUT2D eigenvalue weighted by molar-refractivity contribution is 7.89. The van der Waals surface area contributed by atoms with Crippen molar-refractivity contribution in [2.45, 2.75) is 44.0 Å². The van der Waals surface area contributed by atoms with Crippen LogP contribution in [0, 0.1) is 13.8 Å². The Hall–Kier alpha value is -2.71. The predicted molar refractivity (Wildman–Crippen MR) is 111 cm³/mol. The van der Waals surface area contributed by atoms with Crippen LogP contribution < -0.4 is 15.4 Å². The first kappa shape index (κ1) is 21.0. The molecule has 2 aromatic carbocycles. The number of carbonyl (C=O) groups is 2. The summed E-state index contributed by atoms with van der Waals surface area (Å²) in [6.45, 7) is 3.71. The summed E-state index contributed by atoms with van der Waals surface area (Å²) in [4.78, 5) is 24.7. The van der Waals surface area contributed by atoms with Gasteiger partial charge in [0.1, 0.15) is 0 Å². The van der Waals surface area contributed by atoms with Gasteiger partial charge in [0, 0.05) is 19.0 Å². The van der Waals surface area contributed by atoms with Gasteiger partial charge in [-0.3, -0.25) is 9.59 Å². The molecule has 0 atom stereocenters. The molecule has 2 aromatic rings. The molecule has 0 aromatic heterocycles. The molecular formula is C21H25N3O4S. The Labute approximate surface area is 171 Å². The standard InChI is InChI=1S/C21H25N3O4S/c1-14-7-10-17(13-15(14)2)29(27,28)22-12-11-20(25)24-19-6-4-3-5-18(19)21(26)23-16-8-9-16/h3-7,10,13,16,22H,8-9,11-12H2,1-2H3,(H,23,26)(H,24,25). The number of hydrogen-bond donors (Lipinski definition) is 3. The van der Waals surface area contributed by atoms with Crippen LogP contribution in [0.3, 0.4) is 0 Å². The summed E-state index contributed by atoms with van der Waals surface area (Å²) >= 11 is 0. The number of rotatable bonds is 8. The molecule has 0 aliphatic heterocycles. The van der Waals surface area contributed by atoms with E-state index >= 15 is 0 Å². The molecule has 8 heteroatoms. The average Bonchev–Trinajstić information content (AvgIpc) is 3.48. The van der Waals surface area contributed by atoms with Crippen LogP contribution in [0.2, 0.25) is 0 Å². The quantitative estimate of drug-likeness (QED) is 0.616. The maximum Gasteiger partial charge on any atom is 0.253 e. The Balaban J connectivity index is 1.56. The van der Waals surface area contributed by atoms with Crippen LogP contribution >= 0.6 is 0 Å². The van der Waals surface area contributed by atoms with Crippen molar-refractivity contribution in [3.05, 3.63) is 59.2 Å². The number of sulfonamides is 1. The Kier molecular flexibility index (Phi) is 6.34. The fourth-order valence-corrected chi connectivity index (χ4v) is 3.87.